The Bertz CT molecular complexity index is 862. The van der Waals surface area contributed by atoms with Crippen LogP contribution in [-0.4, -0.2) is 22.4 Å². The number of carbonyl (C=O) groups is 1. The highest BCUT2D eigenvalue weighted by Gasteiger charge is 2.21. The number of anilines is 3. The number of nitrogens with zero attached hydrogens (tertiary/aromatic N) is 3. The second-order valence-electron chi connectivity index (χ2n) is 5.61. The van der Waals surface area contributed by atoms with Gasteiger partial charge in [0.15, 0.2) is 5.82 Å². The van der Waals surface area contributed by atoms with Crippen molar-refractivity contribution in [2.24, 2.45) is 0 Å². The maximum Gasteiger partial charge on any atom is 0.275 e. The minimum Gasteiger partial charge on any atom is -0.325 e. The van der Waals surface area contributed by atoms with Crippen LogP contribution in [0.2, 0.25) is 0 Å². The number of amides is 1. The highest BCUT2D eigenvalue weighted by atomic mass is 16.1. The van der Waals surface area contributed by atoms with Crippen molar-refractivity contribution in [2.45, 2.75) is 6.42 Å². The van der Waals surface area contributed by atoms with E-state index < -0.39 is 0 Å². The Morgan fingerprint density at radius 1 is 0.958 bits per heavy atom. The first kappa shape index (κ1) is 14.4. The van der Waals surface area contributed by atoms with E-state index in [1.807, 2.05) is 42.5 Å². The summed E-state index contributed by atoms with van der Waals surface area (Å²) >= 11 is 0. The minimum atomic E-state index is -0.262. The van der Waals surface area contributed by atoms with Gasteiger partial charge in [0.05, 0.1) is 12.4 Å². The zero-order valence-corrected chi connectivity index (χ0v) is 13.0. The van der Waals surface area contributed by atoms with Crippen LogP contribution in [0.3, 0.4) is 0 Å². The molecule has 0 aliphatic carbocycles. The molecule has 2 aromatic carbocycles. The number of carbonyl (C=O) groups excluding carboxylic acids is 1. The van der Waals surface area contributed by atoms with E-state index in [4.69, 9.17) is 0 Å². The number of nitrogens with one attached hydrogen (secondary N) is 1. The van der Waals surface area contributed by atoms with Crippen LogP contribution in [0, 0.1) is 0 Å². The largest absolute Gasteiger partial charge is 0.325 e. The summed E-state index contributed by atoms with van der Waals surface area (Å²) in [4.78, 5) is 23.0. The first-order valence-electron chi connectivity index (χ1n) is 7.85. The van der Waals surface area contributed by atoms with Crippen molar-refractivity contribution in [3.63, 3.8) is 0 Å². The second kappa shape index (κ2) is 6.12. The Morgan fingerprint density at radius 3 is 2.54 bits per heavy atom. The van der Waals surface area contributed by atoms with E-state index in [1.54, 1.807) is 6.20 Å². The van der Waals surface area contributed by atoms with Crippen LogP contribution < -0.4 is 10.2 Å². The molecule has 1 N–H and O–H groups in total. The normalized spacial score (nSPS) is 12.8. The summed E-state index contributed by atoms with van der Waals surface area (Å²) in [5, 5.41) is 2.81. The van der Waals surface area contributed by atoms with E-state index in [0.717, 1.165) is 30.2 Å². The van der Waals surface area contributed by atoms with E-state index in [1.165, 1.54) is 11.8 Å². The first-order valence-corrected chi connectivity index (χ1v) is 7.85. The monoisotopic (exact) mass is 316 g/mol. The van der Waals surface area contributed by atoms with Gasteiger partial charge in [-0.25, -0.2) is 9.97 Å². The predicted octanol–water partition coefficient (Wildman–Crippen LogP) is 3.42. The third kappa shape index (κ3) is 2.72. The Morgan fingerprint density at radius 2 is 1.75 bits per heavy atom. The van der Waals surface area contributed by atoms with Crippen molar-refractivity contribution in [1.82, 2.24) is 9.97 Å². The van der Waals surface area contributed by atoms with Crippen molar-refractivity contribution in [3.05, 3.63) is 78.2 Å². The molecule has 0 atom stereocenters. The molecule has 0 unspecified atom stereocenters. The van der Waals surface area contributed by atoms with Crippen molar-refractivity contribution in [3.8, 4) is 0 Å². The number of fused-ring (bicyclic) bond motifs is 1. The van der Waals surface area contributed by atoms with Gasteiger partial charge >= 0.3 is 0 Å². The summed E-state index contributed by atoms with van der Waals surface area (Å²) in [5.41, 5.74) is 3.51. The minimum absolute atomic E-state index is 0.262. The fourth-order valence-corrected chi connectivity index (χ4v) is 2.87. The molecule has 0 bridgehead atoms. The predicted molar refractivity (Wildman–Crippen MR) is 93.6 cm³/mol. The van der Waals surface area contributed by atoms with Gasteiger partial charge in [0.25, 0.3) is 5.91 Å². The van der Waals surface area contributed by atoms with Gasteiger partial charge in [0.2, 0.25) is 0 Å². The average Bonchev–Trinajstić information content (AvgIpc) is 3.07. The summed E-state index contributed by atoms with van der Waals surface area (Å²) in [6.45, 7) is 0.879. The van der Waals surface area contributed by atoms with E-state index in [2.05, 4.69) is 32.3 Å². The van der Waals surface area contributed by atoms with Crippen LogP contribution in [0.15, 0.2) is 67.0 Å². The molecule has 3 aromatic rings. The third-order valence-electron chi connectivity index (χ3n) is 4.07. The quantitative estimate of drug-likeness (QED) is 0.804. The van der Waals surface area contributed by atoms with E-state index in [0.29, 0.717) is 5.69 Å². The van der Waals surface area contributed by atoms with Gasteiger partial charge < -0.3 is 10.2 Å². The van der Waals surface area contributed by atoms with Crippen LogP contribution >= 0.6 is 0 Å². The van der Waals surface area contributed by atoms with E-state index >= 15 is 0 Å². The van der Waals surface area contributed by atoms with E-state index in [9.17, 15) is 4.79 Å². The SMILES string of the molecule is O=C(Nc1ccccc1)c1cnc(N2CCc3ccccc32)cn1. The molecule has 1 aliphatic rings. The summed E-state index contributed by atoms with van der Waals surface area (Å²) in [5.74, 6) is 0.498. The lowest BCUT2D eigenvalue weighted by molar-refractivity contribution is 0.102. The number of hydrogen-bond donors (Lipinski definition) is 1. The fourth-order valence-electron chi connectivity index (χ4n) is 2.87. The molecular weight excluding hydrogens is 300 g/mol. The lowest BCUT2D eigenvalue weighted by Gasteiger charge is -2.17. The van der Waals surface area contributed by atoms with Gasteiger partial charge in [-0.2, -0.15) is 0 Å². The average molecular weight is 316 g/mol. The maximum absolute atomic E-state index is 12.2. The van der Waals surface area contributed by atoms with E-state index in [-0.39, 0.29) is 5.91 Å². The topological polar surface area (TPSA) is 58.1 Å². The molecule has 118 valence electrons. The molecule has 1 amide bonds. The molecular formula is C19H16N4O. The smallest absolute Gasteiger partial charge is 0.275 e. The van der Waals surface area contributed by atoms with Crippen molar-refractivity contribution < 1.29 is 4.79 Å². The molecule has 24 heavy (non-hydrogen) atoms. The summed E-state index contributed by atoms with van der Waals surface area (Å²) < 4.78 is 0. The molecule has 0 fully saturated rings. The Kier molecular flexibility index (Phi) is 3.67. The summed E-state index contributed by atoms with van der Waals surface area (Å²) in [7, 11) is 0. The van der Waals surface area contributed by atoms with Crippen LogP contribution in [-0.2, 0) is 6.42 Å². The standard InChI is InChI=1S/C19H16N4O/c24-19(22-15-7-2-1-3-8-15)16-12-21-18(13-20-16)23-11-10-14-6-4-5-9-17(14)23/h1-9,12-13H,10-11H2,(H,22,24). The molecule has 5 heteroatoms. The highest BCUT2D eigenvalue weighted by molar-refractivity contribution is 6.02. The summed E-state index contributed by atoms with van der Waals surface area (Å²) in [6.07, 6.45) is 4.17. The molecule has 1 aliphatic heterocycles. The molecule has 0 radical (unpaired) electrons. The van der Waals surface area contributed by atoms with Crippen LogP contribution in [0.4, 0.5) is 17.2 Å². The zero-order chi connectivity index (χ0) is 16.4. The van der Waals surface area contributed by atoms with Gasteiger partial charge in [-0.15, -0.1) is 0 Å². The fraction of sp³-hybridized carbons (Fsp3) is 0.105. The highest BCUT2D eigenvalue weighted by Crippen LogP contribution is 2.32. The van der Waals surface area contributed by atoms with Crippen molar-refractivity contribution >= 4 is 23.1 Å². The molecule has 0 saturated carbocycles. The number of rotatable bonds is 3. The van der Waals surface area contributed by atoms with Gasteiger partial charge in [-0.05, 0) is 30.2 Å². The molecule has 1 aromatic heterocycles. The Hall–Kier alpha value is -3.21. The summed E-state index contributed by atoms with van der Waals surface area (Å²) in [6, 6.07) is 17.6. The van der Waals surface area contributed by atoms with Gasteiger partial charge in [-0.1, -0.05) is 36.4 Å². The van der Waals surface area contributed by atoms with Crippen LogP contribution in [0.1, 0.15) is 16.1 Å². The van der Waals surface area contributed by atoms with Crippen LogP contribution in [0.5, 0.6) is 0 Å². The first-order chi connectivity index (χ1) is 11.8. The molecule has 0 saturated heterocycles. The lowest BCUT2D eigenvalue weighted by Crippen LogP contribution is -2.18. The Balaban J connectivity index is 1.52. The van der Waals surface area contributed by atoms with Gasteiger partial charge in [0.1, 0.15) is 5.69 Å². The molecule has 2 heterocycles. The van der Waals surface area contributed by atoms with Gasteiger partial charge in [0, 0.05) is 17.9 Å². The third-order valence-corrected chi connectivity index (χ3v) is 4.07. The van der Waals surface area contributed by atoms with Crippen LogP contribution in [0.25, 0.3) is 0 Å². The second-order valence-corrected chi connectivity index (χ2v) is 5.61. The number of aromatic nitrogens is 2. The van der Waals surface area contributed by atoms with Gasteiger partial charge in [-0.3, -0.25) is 4.79 Å². The number of benzene rings is 2. The van der Waals surface area contributed by atoms with Crippen molar-refractivity contribution in [2.75, 3.05) is 16.8 Å². The molecule has 0 spiro atoms. The number of para-hydroxylation sites is 2. The maximum atomic E-state index is 12.2. The Labute approximate surface area is 140 Å². The van der Waals surface area contributed by atoms with Crippen molar-refractivity contribution in [1.29, 1.82) is 0 Å². The zero-order valence-electron chi connectivity index (χ0n) is 13.0. The molecule has 5 nitrogen and oxygen atoms in total. The number of hydrogen-bond acceptors (Lipinski definition) is 4. The lowest BCUT2D eigenvalue weighted by atomic mass is 10.2. The molecule has 4 rings (SSSR count).